The first kappa shape index (κ1) is 14.1. The Balaban J connectivity index is 2.06. The van der Waals surface area contributed by atoms with Crippen LogP contribution in [0.5, 0.6) is 0 Å². The molecule has 0 unspecified atom stereocenters. The smallest absolute Gasteiger partial charge is 0.167 e. The molecule has 0 aliphatic rings. The van der Waals surface area contributed by atoms with Crippen molar-refractivity contribution in [2.75, 3.05) is 13.1 Å². The van der Waals surface area contributed by atoms with Crippen LogP contribution in [0.2, 0.25) is 5.02 Å². The van der Waals surface area contributed by atoms with Gasteiger partial charge < -0.3 is 15.6 Å². The zero-order chi connectivity index (χ0) is 13.7. The van der Waals surface area contributed by atoms with E-state index < -0.39 is 0 Å². The molecule has 0 saturated heterocycles. The molecule has 2 rings (SSSR count). The summed E-state index contributed by atoms with van der Waals surface area (Å²) >= 11 is 5.96. The van der Waals surface area contributed by atoms with Gasteiger partial charge in [0.05, 0.1) is 6.04 Å². The van der Waals surface area contributed by atoms with E-state index >= 15 is 0 Å². The van der Waals surface area contributed by atoms with E-state index in [4.69, 9.17) is 21.9 Å². The van der Waals surface area contributed by atoms with Gasteiger partial charge in [-0.1, -0.05) is 28.9 Å². The Morgan fingerprint density at radius 1 is 1.42 bits per heavy atom. The van der Waals surface area contributed by atoms with Crippen LogP contribution in [-0.2, 0) is 0 Å². The molecule has 1 aromatic heterocycles. The molecule has 1 heterocycles. The molecule has 0 amide bonds. The maximum absolute atomic E-state index is 5.96. The number of halogens is 1. The maximum atomic E-state index is 5.96. The molecule has 4 nitrogen and oxygen atoms in total. The number of rotatable bonds is 6. The summed E-state index contributed by atoms with van der Waals surface area (Å²) in [6, 6.07) is 9.61. The third-order valence-electron chi connectivity index (χ3n) is 2.91. The summed E-state index contributed by atoms with van der Waals surface area (Å²) in [5.74, 6) is 0.727. The van der Waals surface area contributed by atoms with Gasteiger partial charge in [-0.15, -0.1) is 0 Å². The van der Waals surface area contributed by atoms with E-state index in [9.17, 15) is 0 Å². The third-order valence-corrected chi connectivity index (χ3v) is 3.15. The van der Waals surface area contributed by atoms with Crippen molar-refractivity contribution >= 4 is 11.6 Å². The van der Waals surface area contributed by atoms with Crippen molar-refractivity contribution in [3.05, 3.63) is 41.0 Å². The fourth-order valence-corrected chi connectivity index (χ4v) is 1.99. The summed E-state index contributed by atoms with van der Waals surface area (Å²) in [5.41, 5.74) is 7.27. The highest BCUT2D eigenvalue weighted by molar-refractivity contribution is 6.30. The van der Waals surface area contributed by atoms with Gasteiger partial charge in [0.25, 0.3) is 0 Å². The van der Waals surface area contributed by atoms with E-state index in [0.717, 1.165) is 30.0 Å². The number of aromatic nitrogens is 1. The average molecular weight is 280 g/mol. The zero-order valence-corrected chi connectivity index (χ0v) is 11.7. The largest absolute Gasteiger partial charge is 0.356 e. The molecule has 0 radical (unpaired) electrons. The van der Waals surface area contributed by atoms with Crippen LogP contribution in [0.1, 0.15) is 25.1 Å². The highest BCUT2D eigenvalue weighted by Gasteiger charge is 2.12. The lowest BCUT2D eigenvalue weighted by Gasteiger charge is -2.09. The lowest BCUT2D eigenvalue weighted by molar-refractivity contribution is 0.409. The molecule has 5 heteroatoms. The van der Waals surface area contributed by atoms with E-state index in [1.165, 1.54) is 0 Å². The molecule has 0 spiro atoms. The molecule has 0 saturated carbocycles. The quantitative estimate of drug-likeness (QED) is 0.798. The SMILES string of the molecule is C[C@@H](NCCCN)c1cc(-c2cccc(Cl)c2)on1. The number of hydrogen-bond acceptors (Lipinski definition) is 4. The molecule has 3 N–H and O–H groups in total. The minimum Gasteiger partial charge on any atom is -0.356 e. The second kappa shape index (κ2) is 6.70. The van der Waals surface area contributed by atoms with Crippen molar-refractivity contribution in [1.29, 1.82) is 0 Å². The van der Waals surface area contributed by atoms with Gasteiger partial charge in [0.15, 0.2) is 5.76 Å². The van der Waals surface area contributed by atoms with Gasteiger partial charge in [-0.2, -0.15) is 0 Å². The molecule has 0 bridgehead atoms. The summed E-state index contributed by atoms with van der Waals surface area (Å²) < 4.78 is 5.36. The van der Waals surface area contributed by atoms with Gasteiger partial charge in [0, 0.05) is 16.7 Å². The summed E-state index contributed by atoms with van der Waals surface area (Å²) in [6.45, 7) is 3.61. The van der Waals surface area contributed by atoms with Crippen molar-refractivity contribution < 1.29 is 4.52 Å². The molecule has 2 aromatic rings. The predicted molar refractivity (Wildman–Crippen MR) is 77.0 cm³/mol. The standard InChI is InChI=1S/C14H18ClN3O/c1-10(17-7-3-6-16)13-9-14(19-18-13)11-4-2-5-12(15)8-11/h2,4-5,8-10,17H,3,6-7,16H2,1H3/t10-/m1/s1. The number of nitrogens with one attached hydrogen (secondary N) is 1. The third kappa shape index (κ3) is 3.80. The van der Waals surface area contributed by atoms with Crippen molar-refractivity contribution in [2.45, 2.75) is 19.4 Å². The second-order valence-corrected chi connectivity index (χ2v) is 4.88. The number of hydrogen-bond donors (Lipinski definition) is 2. The molecule has 0 fully saturated rings. The van der Waals surface area contributed by atoms with Crippen LogP contribution in [0, 0.1) is 0 Å². The van der Waals surface area contributed by atoms with Crippen LogP contribution in [0.4, 0.5) is 0 Å². The highest BCUT2D eigenvalue weighted by Crippen LogP contribution is 2.25. The summed E-state index contributed by atoms with van der Waals surface area (Å²) in [7, 11) is 0. The van der Waals surface area contributed by atoms with Crippen molar-refractivity contribution in [3.63, 3.8) is 0 Å². The first-order valence-electron chi connectivity index (χ1n) is 6.36. The Morgan fingerprint density at radius 2 is 2.26 bits per heavy atom. The van der Waals surface area contributed by atoms with E-state index in [-0.39, 0.29) is 6.04 Å². The number of nitrogens with zero attached hydrogens (tertiary/aromatic N) is 1. The topological polar surface area (TPSA) is 64.1 Å². The Morgan fingerprint density at radius 3 is 3.00 bits per heavy atom. The van der Waals surface area contributed by atoms with Crippen LogP contribution in [0.25, 0.3) is 11.3 Å². The summed E-state index contributed by atoms with van der Waals surface area (Å²) in [4.78, 5) is 0. The molecule has 0 aliphatic carbocycles. The molecule has 102 valence electrons. The molecular weight excluding hydrogens is 262 g/mol. The molecule has 0 aliphatic heterocycles. The summed E-state index contributed by atoms with van der Waals surface area (Å²) in [5, 5.41) is 8.12. The van der Waals surface area contributed by atoms with Gasteiger partial charge in [0.1, 0.15) is 5.69 Å². The molecule has 1 atom stereocenters. The van der Waals surface area contributed by atoms with Crippen LogP contribution >= 0.6 is 11.6 Å². The Hall–Kier alpha value is -1.36. The van der Waals surface area contributed by atoms with Gasteiger partial charge in [0.2, 0.25) is 0 Å². The van der Waals surface area contributed by atoms with Crippen molar-refractivity contribution in [1.82, 2.24) is 10.5 Å². The van der Waals surface area contributed by atoms with Gasteiger partial charge in [-0.05, 0) is 38.6 Å². The average Bonchev–Trinajstić information content (AvgIpc) is 2.88. The van der Waals surface area contributed by atoms with Crippen LogP contribution in [0.15, 0.2) is 34.9 Å². The predicted octanol–water partition coefficient (Wildman–Crippen LogP) is 2.99. The van der Waals surface area contributed by atoms with Gasteiger partial charge >= 0.3 is 0 Å². The van der Waals surface area contributed by atoms with E-state index in [1.54, 1.807) is 0 Å². The maximum Gasteiger partial charge on any atom is 0.167 e. The van der Waals surface area contributed by atoms with Crippen LogP contribution < -0.4 is 11.1 Å². The van der Waals surface area contributed by atoms with E-state index in [1.807, 2.05) is 30.3 Å². The highest BCUT2D eigenvalue weighted by atomic mass is 35.5. The fraction of sp³-hybridized carbons (Fsp3) is 0.357. The Kier molecular flexibility index (Phi) is 4.96. The van der Waals surface area contributed by atoms with E-state index in [2.05, 4.69) is 17.4 Å². The van der Waals surface area contributed by atoms with Crippen molar-refractivity contribution in [3.8, 4) is 11.3 Å². The first-order chi connectivity index (χ1) is 9.20. The zero-order valence-electron chi connectivity index (χ0n) is 10.9. The Bertz CT molecular complexity index is 527. The minimum absolute atomic E-state index is 0.142. The lowest BCUT2D eigenvalue weighted by Crippen LogP contribution is -2.22. The molecule has 1 aromatic carbocycles. The monoisotopic (exact) mass is 279 g/mol. The summed E-state index contributed by atoms with van der Waals surface area (Å²) in [6.07, 6.45) is 0.948. The molecule has 19 heavy (non-hydrogen) atoms. The Labute approximate surface area is 117 Å². The lowest BCUT2D eigenvalue weighted by atomic mass is 10.1. The molecular formula is C14H18ClN3O. The van der Waals surface area contributed by atoms with E-state index in [0.29, 0.717) is 11.6 Å². The minimum atomic E-state index is 0.142. The van der Waals surface area contributed by atoms with Crippen LogP contribution in [0.3, 0.4) is 0 Å². The number of nitrogens with two attached hydrogens (primary N) is 1. The normalized spacial score (nSPS) is 12.6. The van der Waals surface area contributed by atoms with Crippen LogP contribution in [-0.4, -0.2) is 18.2 Å². The second-order valence-electron chi connectivity index (χ2n) is 4.44. The first-order valence-corrected chi connectivity index (χ1v) is 6.74. The van der Waals surface area contributed by atoms with Crippen molar-refractivity contribution in [2.24, 2.45) is 5.73 Å². The fourth-order valence-electron chi connectivity index (χ4n) is 1.80. The van der Waals surface area contributed by atoms with Gasteiger partial charge in [-0.3, -0.25) is 0 Å². The van der Waals surface area contributed by atoms with Gasteiger partial charge in [-0.25, -0.2) is 0 Å². The number of benzene rings is 1.